The molecule has 0 aromatic heterocycles. The summed E-state index contributed by atoms with van der Waals surface area (Å²) < 4.78 is 13.8. The molecule has 94 valence electrons. The van der Waals surface area contributed by atoms with Crippen LogP contribution in [0.1, 0.15) is 31.2 Å². The topological polar surface area (TPSA) is 29.3 Å². The average molecular weight is 236 g/mol. The molecule has 1 aliphatic rings. The summed E-state index contributed by atoms with van der Waals surface area (Å²) in [5.74, 6) is -0.127. The van der Waals surface area contributed by atoms with E-state index >= 15 is 0 Å². The number of nitrogens with zero attached hydrogens (tertiary/aromatic N) is 1. The molecule has 1 saturated carbocycles. The second-order valence-electron chi connectivity index (χ2n) is 4.83. The highest BCUT2D eigenvalue weighted by Crippen LogP contribution is 2.30. The van der Waals surface area contributed by atoms with Gasteiger partial charge >= 0.3 is 0 Å². The van der Waals surface area contributed by atoms with E-state index in [1.165, 1.54) is 31.7 Å². The van der Waals surface area contributed by atoms with Crippen LogP contribution in [0.3, 0.4) is 0 Å². The maximum atomic E-state index is 13.8. The molecule has 2 rings (SSSR count). The minimum atomic E-state index is -0.127. The monoisotopic (exact) mass is 236 g/mol. The van der Waals surface area contributed by atoms with E-state index in [9.17, 15) is 4.39 Å². The Bertz CT molecular complexity index is 372. The van der Waals surface area contributed by atoms with E-state index in [-0.39, 0.29) is 5.82 Å². The Hall–Kier alpha value is -1.09. The zero-order valence-electron chi connectivity index (χ0n) is 10.5. The molecule has 0 unspecified atom stereocenters. The van der Waals surface area contributed by atoms with Crippen molar-refractivity contribution in [2.24, 2.45) is 5.73 Å². The zero-order valence-corrected chi connectivity index (χ0v) is 10.5. The maximum absolute atomic E-state index is 13.8. The van der Waals surface area contributed by atoms with Gasteiger partial charge in [-0.05, 0) is 37.9 Å². The molecule has 1 aliphatic carbocycles. The van der Waals surface area contributed by atoms with Gasteiger partial charge in [-0.1, -0.05) is 18.9 Å². The first kappa shape index (κ1) is 12.4. The minimum absolute atomic E-state index is 0.127. The average Bonchev–Trinajstić information content (AvgIpc) is 2.85. The third kappa shape index (κ3) is 2.60. The van der Waals surface area contributed by atoms with Gasteiger partial charge in [0, 0.05) is 24.3 Å². The Kier molecular flexibility index (Phi) is 4.00. The van der Waals surface area contributed by atoms with Gasteiger partial charge in [0.05, 0.1) is 0 Å². The third-order valence-corrected chi connectivity index (χ3v) is 3.74. The molecule has 1 aromatic carbocycles. The number of benzene rings is 1. The minimum Gasteiger partial charge on any atom is -0.371 e. The lowest BCUT2D eigenvalue weighted by Crippen LogP contribution is -2.30. The van der Waals surface area contributed by atoms with Crippen LogP contribution in [0.25, 0.3) is 0 Å². The fraction of sp³-hybridized carbons (Fsp3) is 0.571. The van der Waals surface area contributed by atoms with Gasteiger partial charge in [-0.15, -0.1) is 0 Å². The molecule has 0 amide bonds. The molecule has 2 N–H and O–H groups in total. The quantitative estimate of drug-likeness (QED) is 0.871. The predicted molar refractivity (Wildman–Crippen MR) is 69.8 cm³/mol. The first-order valence-electron chi connectivity index (χ1n) is 6.44. The molecule has 1 fully saturated rings. The largest absolute Gasteiger partial charge is 0.371 e. The van der Waals surface area contributed by atoms with Crippen molar-refractivity contribution in [3.8, 4) is 0 Å². The molecule has 0 spiro atoms. The number of halogens is 1. The van der Waals surface area contributed by atoms with Crippen LogP contribution in [0.5, 0.6) is 0 Å². The molecule has 0 heterocycles. The Labute approximate surface area is 103 Å². The second-order valence-corrected chi connectivity index (χ2v) is 4.83. The predicted octanol–water partition coefficient (Wildman–Crippen LogP) is 2.71. The van der Waals surface area contributed by atoms with E-state index in [0.717, 1.165) is 11.3 Å². The van der Waals surface area contributed by atoms with Crippen LogP contribution in [-0.4, -0.2) is 19.6 Å². The van der Waals surface area contributed by atoms with Gasteiger partial charge in [-0.3, -0.25) is 0 Å². The second kappa shape index (κ2) is 5.50. The first-order valence-corrected chi connectivity index (χ1v) is 6.44. The summed E-state index contributed by atoms with van der Waals surface area (Å²) in [4.78, 5) is 2.24. The van der Waals surface area contributed by atoms with E-state index in [1.54, 1.807) is 6.07 Å². The van der Waals surface area contributed by atoms with E-state index in [0.29, 0.717) is 19.0 Å². The SMILES string of the molecule is CN(c1cccc(F)c1CCN)C1CCCC1. The lowest BCUT2D eigenvalue weighted by molar-refractivity contribution is 0.601. The number of hydrogen-bond acceptors (Lipinski definition) is 2. The van der Waals surface area contributed by atoms with E-state index < -0.39 is 0 Å². The molecule has 17 heavy (non-hydrogen) atoms. The number of hydrogen-bond donors (Lipinski definition) is 1. The van der Waals surface area contributed by atoms with Crippen molar-refractivity contribution in [3.05, 3.63) is 29.6 Å². The first-order chi connectivity index (χ1) is 8.24. The summed E-state index contributed by atoms with van der Waals surface area (Å²) in [6.07, 6.45) is 5.62. The Morgan fingerprint density at radius 1 is 1.35 bits per heavy atom. The van der Waals surface area contributed by atoms with E-state index in [1.807, 2.05) is 6.07 Å². The summed E-state index contributed by atoms with van der Waals surface area (Å²) in [6.45, 7) is 0.492. The summed E-state index contributed by atoms with van der Waals surface area (Å²) in [5.41, 5.74) is 7.35. The molecule has 0 bridgehead atoms. The maximum Gasteiger partial charge on any atom is 0.128 e. The molecule has 0 atom stereocenters. The highest BCUT2D eigenvalue weighted by molar-refractivity contribution is 5.54. The zero-order chi connectivity index (χ0) is 12.3. The van der Waals surface area contributed by atoms with Crippen molar-refractivity contribution in [2.75, 3.05) is 18.5 Å². The lowest BCUT2D eigenvalue weighted by Gasteiger charge is -2.28. The summed E-state index contributed by atoms with van der Waals surface area (Å²) in [6, 6.07) is 5.88. The summed E-state index contributed by atoms with van der Waals surface area (Å²) >= 11 is 0. The Balaban J connectivity index is 2.26. The van der Waals surface area contributed by atoms with Gasteiger partial charge in [-0.25, -0.2) is 4.39 Å². The Morgan fingerprint density at radius 2 is 2.06 bits per heavy atom. The van der Waals surface area contributed by atoms with E-state index in [4.69, 9.17) is 5.73 Å². The van der Waals surface area contributed by atoms with Crippen LogP contribution >= 0.6 is 0 Å². The fourth-order valence-electron chi connectivity index (χ4n) is 2.76. The number of rotatable bonds is 4. The van der Waals surface area contributed by atoms with Gasteiger partial charge in [-0.2, -0.15) is 0 Å². The molecule has 0 saturated heterocycles. The van der Waals surface area contributed by atoms with Gasteiger partial charge in [0.25, 0.3) is 0 Å². The van der Waals surface area contributed by atoms with Gasteiger partial charge in [0.15, 0.2) is 0 Å². The molecular weight excluding hydrogens is 215 g/mol. The van der Waals surface area contributed by atoms with Crippen LogP contribution in [0.4, 0.5) is 10.1 Å². The van der Waals surface area contributed by atoms with Crippen molar-refractivity contribution in [2.45, 2.75) is 38.1 Å². The van der Waals surface area contributed by atoms with Crippen LogP contribution < -0.4 is 10.6 Å². The van der Waals surface area contributed by atoms with Crippen LogP contribution in [0.15, 0.2) is 18.2 Å². The Morgan fingerprint density at radius 3 is 2.71 bits per heavy atom. The van der Waals surface area contributed by atoms with Crippen LogP contribution in [0.2, 0.25) is 0 Å². The summed E-state index contributed by atoms with van der Waals surface area (Å²) in [7, 11) is 2.07. The van der Waals surface area contributed by atoms with Gasteiger partial charge in [0.2, 0.25) is 0 Å². The number of nitrogens with two attached hydrogens (primary N) is 1. The lowest BCUT2D eigenvalue weighted by atomic mass is 10.1. The van der Waals surface area contributed by atoms with Gasteiger partial charge in [0.1, 0.15) is 5.82 Å². The van der Waals surface area contributed by atoms with Crippen molar-refractivity contribution in [3.63, 3.8) is 0 Å². The summed E-state index contributed by atoms with van der Waals surface area (Å²) in [5, 5.41) is 0. The van der Waals surface area contributed by atoms with Crippen molar-refractivity contribution in [1.82, 2.24) is 0 Å². The van der Waals surface area contributed by atoms with Crippen molar-refractivity contribution in [1.29, 1.82) is 0 Å². The van der Waals surface area contributed by atoms with Gasteiger partial charge < -0.3 is 10.6 Å². The molecule has 0 aliphatic heterocycles. The fourth-order valence-corrected chi connectivity index (χ4v) is 2.76. The third-order valence-electron chi connectivity index (χ3n) is 3.74. The van der Waals surface area contributed by atoms with Crippen molar-refractivity contribution < 1.29 is 4.39 Å². The highest BCUT2D eigenvalue weighted by atomic mass is 19.1. The molecule has 1 aromatic rings. The highest BCUT2D eigenvalue weighted by Gasteiger charge is 2.22. The van der Waals surface area contributed by atoms with E-state index in [2.05, 4.69) is 11.9 Å². The molecule has 0 radical (unpaired) electrons. The standard InChI is InChI=1S/C14H21FN2/c1-17(11-5-2-3-6-11)14-8-4-7-13(15)12(14)9-10-16/h4,7-8,11H,2-3,5-6,9-10,16H2,1H3. The normalized spacial score (nSPS) is 16.4. The van der Waals surface area contributed by atoms with Crippen molar-refractivity contribution >= 4 is 5.69 Å². The smallest absolute Gasteiger partial charge is 0.128 e. The van der Waals surface area contributed by atoms with Crippen LogP contribution in [-0.2, 0) is 6.42 Å². The molecular formula is C14H21FN2. The molecule has 2 nitrogen and oxygen atoms in total. The number of anilines is 1. The molecule has 3 heteroatoms. The van der Waals surface area contributed by atoms with Crippen LogP contribution in [0, 0.1) is 5.82 Å².